The highest BCUT2D eigenvalue weighted by molar-refractivity contribution is 6.33. The molecule has 7 aromatic rings. The summed E-state index contributed by atoms with van der Waals surface area (Å²) in [5.74, 6) is -16.8. The van der Waals surface area contributed by atoms with Crippen LogP contribution in [-0.2, 0) is 63.8 Å². The molecule has 18 atom stereocenters. The zero-order valence-electron chi connectivity index (χ0n) is 70.2. The molecule has 40 heteroatoms. The third-order valence-electron chi connectivity index (χ3n) is 23.7. The summed E-state index contributed by atoms with van der Waals surface area (Å²) >= 11 is 14.4. The number of phenols is 4. The van der Waals surface area contributed by atoms with Gasteiger partial charge in [-0.25, -0.2) is 4.79 Å². The number of ether oxygens (including phenoxy) is 8. The van der Waals surface area contributed by atoms with E-state index in [0.717, 1.165) is 119 Å². The number of carbonyl (C=O) groups excluding carboxylic acids is 9. The van der Waals surface area contributed by atoms with Crippen molar-refractivity contribution in [3.05, 3.63) is 164 Å². The lowest BCUT2D eigenvalue weighted by Gasteiger charge is -2.41. The molecule has 0 aliphatic carbocycles. The van der Waals surface area contributed by atoms with Crippen LogP contribution in [0.25, 0.3) is 11.1 Å². The number of likely N-dealkylation sites (N-methyl/N-ethyl adjacent to an activating group) is 2. The fraction of sp³-hybridized carbons (Fsp3) is 0.427. The molecule has 3 fully saturated rings. The molecule has 8 amide bonds. The molecule has 7 aromatic carbocycles. The number of nitrogens with zero attached hydrogens (tertiary/aromatic N) is 2. The summed E-state index contributed by atoms with van der Waals surface area (Å²) in [6.07, 6.45) is -13.0. The van der Waals surface area contributed by atoms with Crippen molar-refractivity contribution < 1.29 is 137 Å². The molecule has 9 aliphatic rings. The number of fused-ring (bicyclic) bond motifs is 14. The molecule has 0 spiro atoms. The number of halogens is 2. The highest BCUT2D eigenvalue weighted by Gasteiger charge is 2.52. The molecule has 0 saturated carbocycles. The van der Waals surface area contributed by atoms with Gasteiger partial charge in [0, 0.05) is 67.8 Å². The van der Waals surface area contributed by atoms with Crippen LogP contribution in [0.4, 0.5) is 0 Å². The summed E-state index contributed by atoms with van der Waals surface area (Å²) in [7, 11) is 4.20. The Morgan fingerprint density at radius 3 is 1.87 bits per heavy atom. The number of phenolic OH excluding ortho intramolecular Hbond substituents is 4. The standard InChI is InChI=1S/C89H100Cl2N10O28/c1-5-6-7-8-9-10-11-12-13-14-62(107)94-71-74(110)76(112)79(87(121)122-4)129-88(71)128-78-59-33-44-34-60(78)125-56-24-19-43(31-51(56)90)72(108)70-85(119)98-69(86(120)101-27-25-100(3)26-28-101)49-35-45(103)36-58(126-89-77(113)75(111)73(109)61(39-102)127-89)63(49)48-30-41(17-22-53(48)104)66(82(116)99-70)95-83(117)67(44)96-84(118)68-50-37-47(38-55(106)64(50)91)124-57-32-42(18-23-54(57)105)65(92-2)81(115)93-52(80(114)97-68)29-40-15-20-46(123-59)21-16-40/h15-24,30-38,52,61,65-77,79,88-89,92,102-106,108-113H,5-14,25-29,39H2,1-4H3,(H,93,115)(H,94,107)(H,95,117)(H,96,118)(H,97,114)(H,98,119)(H,99,116)/t52-,61-,65+,66-,67-,68+,69-,70+,71-,72-,73-,74-,75+,76+,77+,79+,88-,89+/m1/s1. The highest BCUT2D eigenvalue weighted by Crippen LogP contribution is 2.51. The number of piperazine rings is 1. The lowest BCUT2D eigenvalue weighted by molar-refractivity contribution is -0.277. The van der Waals surface area contributed by atoms with Crippen molar-refractivity contribution in [2.24, 2.45) is 0 Å². The number of amides is 8. The lowest BCUT2D eigenvalue weighted by Crippen LogP contribution is -2.66. The second-order valence-corrected chi connectivity index (χ2v) is 33.4. The Kier molecular flexibility index (Phi) is 29.2. The highest BCUT2D eigenvalue weighted by atomic mass is 35.5. The topological polar surface area (TPSA) is 553 Å². The van der Waals surface area contributed by atoms with Crippen LogP contribution in [0.5, 0.6) is 69.0 Å². The Bertz CT molecular complexity index is 5400. The van der Waals surface area contributed by atoms with Crippen LogP contribution in [0.3, 0.4) is 0 Å². The number of hydrogen-bond acceptors (Lipinski definition) is 30. The van der Waals surface area contributed by atoms with Gasteiger partial charge in [0.1, 0.15) is 131 Å². The van der Waals surface area contributed by atoms with Gasteiger partial charge in [0.15, 0.2) is 29.1 Å². The van der Waals surface area contributed by atoms with Crippen molar-refractivity contribution in [1.29, 1.82) is 0 Å². The van der Waals surface area contributed by atoms with E-state index in [-0.39, 0.29) is 61.0 Å². The minimum absolute atomic E-state index is 0.0202. The normalized spacial score (nSPS) is 26.5. The van der Waals surface area contributed by atoms with Gasteiger partial charge in [-0.15, -0.1) is 0 Å². The van der Waals surface area contributed by atoms with Gasteiger partial charge >= 0.3 is 5.97 Å². The largest absolute Gasteiger partial charge is 0.508 e. The number of rotatable bonds is 19. The van der Waals surface area contributed by atoms with Crippen LogP contribution in [0.1, 0.15) is 146 Å². The zero-order valence-corrected chi connectivity index (χ0v) is 71.7. The van der Waals surface area contributed by atoms with E-state index in [1.54, 1.807) is 7.05 Å². The maximum Gasteiger partial charge on any atom is 0.337 e. The van der Waals surface area contributed by atoms with E-state index < -0.39 is 271 Å². The number of nitrogens with one attached hydrogen (secondary N) is 8. The smallest absolute Gasteiger partial charge is 0.337 e. The Morgan fingerprint density at radius 1 is 0.543 bits per heavy atom. The van der Waals surface area contributed by atoms with Crippen LogP contribution in [-0.4, -0.2) is 247 Å². The zero-order chi connectivity index (χ0) is 92.1. The molecule has 0 aromatic heterocycles. The number of methoxy groups -OCH3 is 1. The maximum absolute atomic E-state index is 16.9. The number of aromatic hydroxyl groups is 4. The van der Waals surface area contributed by atoms with E-state index in [2.05, 4.69) is 49.5 Å². The summed E-state index contributed by atoms with van der Waals surface area (Å²) in [6.45, 7) is 1.77. The van der Waals surface area contributed by atoms with Gasteiger partial charge in [0.2, 0.25) is 65.6 Å². The second kappa shape index (κ2) is 40.4. The second-order valence-electron chi connectivity index (χ2n) is 32.6. The summed E-state index contributed by atoms with van der Waals surface area (Å²) in [4.78, 5) is 143. The fourth-order valence-corrected chi connectivity index (χ4v) is 17.0. The van der Waals surface area contributed by atoms with Gasteiger partial charge in [-0.05, 0) is 127 Å². The molecule has 19 N–H and O–H groups in total. The number of aliphatic hydroxyl groups is 7. The average Bonchev–Trinajstić information content (AvgIpc) is 0.756. The van der Waals surface area contributed by atoms with E-state index in [4.69, 9.17) is 61.1 Å². The van der Waals surface area contributed by atoms with E-state index in [0.29, 0.717) is 18.4 Å². The molecule has 38 nitrogen and oxygen atoms in total. The van der Waals surface area contributed by atoms with Gasteiger partial charge in [0.05, 0.1) is 23.8 Å². The lowest BCUT2D eigenvalue weighted by atomic mass is 9.89. The van der Waals surface area contributed by atoms with Gasteiger partial charge in [-0.2, -0.15) is 0 Å². The summed E-state index contributed by atoms with van der Waals surface area (Å²) in [6, 6.07) is 6.33. The van der Waals surface area contributed by atoms with Crippen molar-refractivity contribution in [2.75, 3.05) is 54.0 Å². The SMILES string of the molecule is CCCCCCCCCCCC(=O)N[C@H]1[C@H](Oc2c3cc4cc2Oc2ccc(cc2Cl)[C@@H](O)[C@@H]2NC(=O)[C@H](NC(=O)[C@@H]4NC(=O)[C@H]4NC(=O)[C@@H](Cc5ccc(cc5)O3)NC(=O)[C@@H](NC)c3ccc(O)c(c3)Oc3cc(O)c(Cl)c4c3)c3ccc(O)c(c3)-c3c(O[C@H]4O[C@H](CO)[C@@H](O)[C@H](O)[C@@H]4O)cc(O)cc3[C@H](C(=O)N3CCN(C)CC3)NC2=O)O[C@H](C(=O)OC)[C@@H](O)[C@@H]1O. The first-order chi connectivity index (χ1) is 61.8. The Morgan fingerprint density at radius 2 is 1.18 bits per heavy atom. The van der Waals surface area contributed by atoms with Gasteiger partial charge < -0.3 is 146 Å². The van der Waals surface area contributed by atoms with Crippen LogP contribution in [0.15, 0.2) is 115 Å². The van der Waals surface area contributed by atoms with Crippen molar-refractivity contribution in [2.45, 2.75) is 187 Å². The monoisotopic (exact) mass is 1830 g/mol. The summed E-state index contributed by atoms with van der Waals surface area (Å²) < 4.78 is 50.1. The Hall–Kier alpha value is -11.9. The number of carbonyl (C=O) groups is 9. The molecule has 3 saturated heterocycles. The predicted molar refractivity (Wildman–Crippen MR) is 454 cm³/mol. The maximum atomic E-state index is 16.9. The molecule has 16 rings (SSSR count). The van der Waals surface area contributed by atoms with Crippen molar-refractivity contribution >= 4 is 76.4 Å². The van der Waals surface area contributed by atoms with Gasteiger partial charge in [-0.1, -0.05) is 112 Å². The Balaban J connectivity index is 0.994. The number of unbranched alkanes of at least 4 members (excludes halogenated alkanes) is 8. The van der Waals surface area contributed by atoms with E-state index in [1.807, 2.05) is 4.90 Å². The van der Waals surface area contributed by atoms with Crippen LogP contribution in [0.2, 0.25) is 10.0 Å². The first-order valence-electron chi connectivity index (χ1n) is 42.2. The van der Waals surface area contributed by atoms with Crippen LogP contribution >= 0.6 is 23.2 Å². The van der Waals surface area contributed by atoms with E-state index in [1.165, 1.54) is 60.5 Å². The quantitative estimate of drug-likeness (QED) is 0.0400. The first-order valence-corrected chi connectivity index (χ1v) is 42.9. The molecule has 0 radical (unpaired) electrons. The summed E-state index contributed by atoms with van der Waals surface area (Å²) in [5, 5.41) is 149. The van der Waals surface area contributed by atoms with E-state index >= 15 is 28.8 Å². The number of benzene rings is 7. The molecular formula is C89H100Cl2N10O28. The van der Waals surface area contributed by atoms with Gasteiger partial charge in [0.25, 0.3) is 0 Å². The first kappa shape index (κ1) is 93.3. The molecular weight excluding hydrogens is 1730 g/mol. The molecule has 0 unspecified atom stereocenters. The third-order valence-corrected chi connectivity index (χ3v) is 24.4. The fourth-order valence-electron chi connectivity index (χ4n) is 16.6. The molecule has 17 bridgehead atoms. The number of hydrogen-bond donors (Lipinski definition) is 19. The summed E-state index contributed by atoms with van der Waals surface area (Å²) in [5.41, 5.74) is -2.46. The van der Waals surface area contributed by atoms with Crippen molar-refractivity contribution in [3.8, 4) is 80.1 Å². The Labute approximate surface area is 748 Å². The van der Waals surface area contributed by atoms with E-state index in [9.17, 15) is 70.6 Å². The van der Waals surface area contributed by atoms with Crippen LogP contribution < -0.4 is 66.2 Å². The van der Waals surface area contributed by atoms with Crippen molar-refractivity contribution in [3.63, 3.8) is 0 Å². The van der Waals surface area contributed by atoms with Crippen LogP contribution in [0, 0.1) is 0 Å². The molecule has 688 valence electrons. The van der Waals surface area contributed by atoms with Crippen molar-refractivity contribution in [1.82, 2.24) is 52.3 Å². The molecule has 9 aliphatic heterocycles. The predicted octanol–water partition coefficient (Wildman–Crippen LogP) is 4.11. The third kappa shape index (κ3) is 20.4. The number of esters is 1. The number of aliphatic hydroxyl groups excluding tert-OH is 7. The molecule has 9 heterocycles. The minimum atomic E-state index is -2.43. The minimum Gasteiger partial charge on any atom is -0.508 e. The molecule has 129 heavy (non-hydrogen) atoms. The van der Waals surface area contributed by atoms with Gasteiger partial charge in [-0.3, -0.25) is 38.4 Å². The average molecular weight is 1830 g/mol.